The van der Waals surface area contributed by atoms with Gasteiger partial charge in [-0.15, -0.1) is 0 Å². The Morgan fingerprint density at radius 1 is 0.353 bits per heavy atom. The number of rotatable bonds is 12. The van der Waals surface area contributed by atoms with Crippen LogP contribution in [0.2, 0.25) is 0 Å². The second-order valence-electron chi connectivity index (χ2n) is 10.4. The first kappa shape index (κ1) is 44.9. The van der Waals surface area contributed by atoms with Gasteiger partial charge >= 0.3 is 17.1 Å². The highest BCUT2D eigenvalue weighted by atomic mass is 79.9. The smallest absolute Gasteiger partial charge is 0.364 e. The van der Waals surface area contributed by atoms with Crippen molar-refractivity contribution in [1.29, 1.82) is 0 Å². The molecule has 0 radical (unpaired) electrons. The van der Waals surface area contributed by atoms with Crippen LogP contribution < -0.4 is 31.6 Å². The molecular weight excluding hydrogens is 1460 g/mol. The van der Waals surface area contributed by atoms with Gasteiger partial charge in [0.2, 0.25) is 0 Å². The Bertz CT molecular complexity index is 1960. The SMILES string of the molecule is CCCc1c(Br)c(Br)c(Br)c(Br)c1On1c(=O)n(Oc2c(Br)c(Br)c(Br)c(Br)c2CCC)c(=O)n(Oc2c(Br)c(Br)c(Br)c(Br)c2CCC)c1=O. The molecule has 0 aliphatic heterocycles. The van der Waals surface area contributed by atoms with Crippen LogP contribution in [0.25, 0.3) is 0 Å². The van der Waals surface area contributed by atoms with Gasteiger partial charge in [0.15, 0.2) is 17.2 Å². The second-order valence-corrected chi connectivity index (χ2v) is 20.0. The van der Waals surface area contributed by atoms with E-state index < -0.39 is 17.1 Å². The lowest BCUT2D eigenvalue weighted by Gasteiger charge is -2.21. The fourth-order valence-electron chi connectivity index (χ4n) is 4.68. The molecule has 4 rings (SSSR count). The number of hydrogen-bond donors (Lipinski definition) is 0. The van der Waals surface area contributed by atoms with Crippen molar-refractivity contribution in [3.05, 3.63) is 102 Å². The average molecular weight is 1480 g/mol. The molecule has 0 saturated carbocycles. The Morgan fingerprint density at radius 3 is 0.745 bits per heavy atom. The molecule has 0 saturated heterocycles. The van der Waals surface area contributed by atoms with E-state index in [2.05, 4.69) is 191 Å². The van der Waals surface area contributed by atoms with Crippen LogP contribution >= 0.6 is 191 Å². The minimum Gasteiger partial charge on any atom is -0.364 e. The second kappa shape index (κ2) is 19.1. The van der Waals surface area contributed by atoms with E-state index in [0.717, 1.165) is 0 Å². The average Bonchev–Trinajstić information content (AvgIpc) is 3.11. The third-order valence-corrected chi connectivity index (χ3v) is 21.5. The van der Waals surface area contributed by atoms with E-state index in [9.17, 15) is 14.4 Å². The van der Waals surface area contributed by atoms with Crippen molar-refractivity contribution in [2.45, 2.75) is 59.3 Å². The van der Waals surface area contributed by atoms with Gasteiger partial charge in [0.25, 0.3) is 0 Å². The predicted octanol–water partition coefficient (Wildman–Crippen LogP) is 13.7. The summed E-state index contributed by atoms with van der Waals surface area (Å²) < 4.78 is 8.08. The van der Waals surface area contributed by atoms with Crippen molar-refractivity contribution in [2.75, 3.05) is 0 Å². The summed E-state index contributed by atoms with van der Waals surface area (Å²) in [6, 6.07) is 0. The Balaban J connectivity index is 2.14. The van der Waals surface area contributed by atoms with Crippen molar-refractivity contribution >= 4 is 191 Å². The maximum atomic E-state index is 14.3. The van der Waals surface area contributed by atoms with Gasteiger partial charge < -0.3 is 14.5 Å². The van der Waals surface area contributed by atoms with Crippen molar-refractivity contribution < 1.29 is 14.5 Å². The maximum Gasteiger partial charge on any atom is 0.404 e. The van der Waals surface area contributed by atoms with Crippen LogP contribution in [0.4, 0.5) is 0 Å². The number of hydrogen-bond acceptors (Lipinski definition) is 6. The molecule has 0 aliphatic rings. The van der Waals surface area contributed by atoms with E-state index >= 15 is 0 Å². The summed E-state index contributed by atoms with van der Waals surface area (Å²) in [5.74, 6) is 0.413. The lowest BCUT2D eigenvalue weighted by molar-refractivity contribution is 0.0630. The van der Waals surface area contributed by atoms with Gasteiger partial charge in [0.1, 0.15) is 0 Å². The monoisotopic (exact) mass is 1470 g/mol. The molecule has 0 fully saturated rings. The van der Waals surface area contributed by atoms with Crippen LogP contribution in [0.5, 0.6) is 17.2 Å². The number of benzene rings is 3. The molecule has 1 heterocycles. The zero-order chi connectivity index (χ0) is 38.2. The summed E-state index contributed by atoms with van der Waals surface area (Å²) in [5, 5.41) is 0. The van der Waals surface area contributed by atoms with Crippen molar-refractivity contribution in [1.82, 2.24) is 14.2 Å². The van der Waals surface area contributed by atoms with Crippen LogP contribution in [-0.4, -0.2) is 14.2 Å². The van der Waals surface area contributed by atoms with Crippen LogP contribution in [-0.2, 0) is 19.3 Å². The van der Waals surface area contributed by atoms with E-state index in [1.807, 2.05) is 20.8 Å². The standard InChI is InChI=1S/C30H21Br12N3O6/c1-4-7-10-13(31)16(34)19(37)22(40)25(10)49-43-28(46)44(50-26-11(8-5-2)14(32)17(35)20(38)23(26)41)30(48)45(29(43)47)51-27-12(9-6-3)15(33)18(36)21(39)24(27)42/h4-9H2,1-3H3. The van der Waals surface area contributed by atoms with Gasteiger partial charge in [0, 0.05) is 43.5 Å². The van der Waals surface area contributed by atoms with Gasteiger partial charge in [-0.2, -0.15) is 0 Å². The van der Waals surface area contributed by atoms with Crippen molar-refractivity contribution in [2.24, 2.45) is 0 Å². The zero-order valence-corrected chi connectivity index (χ0v) is 45.1. The number of halogens is 12. The van der Waals surface area contributed by atoms with Gasteiger partial charge in [-0.25, -0.2) is 14.4 Å². The molecule has 276 valence electrons. The van der Waals surface area contributed by atoms with E-state index in [-0.39, 0.29) is 17.2 Å². The van der Waals surface area contributed by atoms with E-state index in [1.54, 1.807) is 0 Å². The highest BCUT2D eigenvalue weighted by Gasteiger charge is 2.29. The Hall–Kier alpha value is 1.23. The highest BCUT2D eigenvalue weighted by Crippen LogP contribution is 2.49. The molecule has 4 aromatic rings. The first-order chi connectivity index (χ1) is 24.0. The highest BCUT2D eigenvalue weighted by molar-refractivity contribution is 9.16. The molecule has 0 unspecified atom stereocenters. The minimum absolute atomic E-state index is 0.138. The molecule has 0 atom stereocenters. The summed E-state index contributed by atoms with van der Waals surface area (Å²) in [4.78, 5) is 61.5. The molecule has 9 nitrogen and oxygen atoms in total. The largest absolute Gasteiger partial charge is 0.404 e. The fourth-order valence-corrected chi connectivity index (χ4v) is 12.0. The predicted molar refractivity (Wildman–Crippen MR) is 241 cm³/mol. The molecule has 1 aromatic heterocycles. The van der Waals surface area contributed by atoms with Crippen molar-refractivity contribution in [3.63, 3.8) is 0 Å². The van der Waals surface area contributed by atoms with E-state index in [0.29, 0.717) is 123 Å². The molecule has 51 heavy (non-hydrogen) atoms. The first-order valence-electron chi connectivity index (χ1n) is 14.6. The van der Waals surface area contributed by atoms with Gasteiger partial charge in [-0.05, 0) is 210 Å². The Morgan fingerprint density at radius 2 is 0.549 bits per heavy atom. The zero-order valence-electron chi connectivity index (χ0n) is 26.1. The quantitative estimate of drug-likeness (QED) is 0.104. The molecule has 21 heteroatoms. The molecule has 3 aromatic carbocycles. The van der Waals surface area contributed by atoms with Gasteiger partial charge in [0.05, 0.1) is 26.8 Å². The van der Waals surface area contributed by atoms with Crippen LogP contribution in [0.1, 0.15) is 56.7 Å². The van der Waals surface area contributed by atoms with E-state index in [4.69, 9.17) is 14.5 Å². The molecule has 0 aliphatic carbocycles. The fraction of sp³-hybridized carbons (Fsp3) is 0.300. The maximum absolute atomic E-state index is 14.3. The number of nitrogens with zero attached hydrogens (tertiary/aromatic N) is 3. The first-order valence-corrected chi connectivity index (χ1v) is 24.1. The summed E-state index contributed by atoms with van der Waals surface area (Å²) in [6.45, 7) is 5.92. The Kier molecular flexibility index (Phi) is 16.8. The topological polar surface area (TPSA) is 93.7 Å². The van der Waals surface area contributed by atoms with Gasteiger partial charge in [-0.3, -0.25) is 0 Å². The molecule has 0 amide bonds. The van der Waals surface area contributed by atoms with Crippen LogP contribution in [0.3, 0.4) is 0 Å². The summed E-state index contributed by atoms with van der Waals surface area (Å²) in [6.07, 6.45) is 3.59. The molecule has 0 spiro atoms. The third-order valence-electron chi connectivity index (χ3n) is 7.04. The van der Waals surface area contributed by atoms with E-state index in [1.165, 1.54) is 0 Å². The molecule has 0 N–H and O–H groups in total. The van der Waals surface area contributed by atoms with Crippen molar-refractivity contribution in [3.8, 4) is 17.2 Å². The lowest BCUT2D eigenvalue weighted by Crippen LogP contribution is -2.58. The molecule has 0 bridgehead atoms. The van der Waals surface area contributed by atoms with Crippen LogP contribution in [0, 0.1) is 0 Å². The molecular formula is C30H21Br12N3O6. The third kappa shape index (κ3) is 8.88. The summed E-state index contributed by atoms with van der Waals surface area (Å²) >= 11 is 42.7. The lowest BCUT2D eigenvalue weighted by atomic mass is 10.1. The summed E-state index contributed by atoms with van der Waals surface area (Å²) in [7, 11) is 0. The number of aromatic nitrogens is 3. The normalized spacial score (nSPS) is 11.4. The van der Waals surface area contributed by atoms with Gasteiger partial charge in [-0.1, -0.05) is 54.2 Å². The minimum atomic E-state index is -1.23. The Labute approximate surface area is 392 Å². The van der Waals surface area contributed by atoms with Crippen LogP contribution in [0.15, 0.2) is 68.1 Å². The summed E-state index contributed by atoms with van der Waals surface area (Å²) in [5.41, 5.74) is -1.78.